The molecule has 1 amide bonds. The van der Waals surface area contributed by atoms with E-state index in [4.69, 9.17) is 9.63 Å². The molecule has 0 saturated carbocycles. The summed E-state index contributed by atoms with van der Waals surface area (Å²) in [5, 5.41) is 15.1. The zero-order valence-electron chi connectivity index (χ0n) is 10.4. The van der Waals surface area contributed by atoms with Crippen molar-refractivity contribution in [3.63, 3.8) is 0 Å². The second-order valence-electron chi connectivity index (χ2n) is 3.97. The fraction of sp³-hybridized carbons (Fsp3) is 0.636. The number of aromatic nitrogens is 1. The SMILES string of the molecule is CCN(C)C(C)CNC(=O)c1cc(CO)on1. The Morgan fingerprint density at radius 2 is 2.41 bits per heavy atom. The number of carbonyl (C=O) groups is 1. The molecule has 1 rings (SSSR count). The van der Waals surface area contributed by atoms with Crippen molar-refractivity contribution in [3.05, 3.63) is 17.5 Å². The number of hydrogen-bond acceptors (Lipinski definition) is 5. The molecule has 1 unspecified atom stereocenters. The van der Waals surface area contributed by atoms with Crippen LogP contribution in [-0.2, 0) is 6.61 Å². The zero-order valence-corrected chi connectivity index (χ0v) is 10.4. The summed E-state index contributed by atoms with van der Waals surface area (Å²) in [6.07, 6.45) is 0. The molecule has 0 aliphatic rings. The van der Waals surface area contributed by atoms with Crippen LogP contribution in [0.2, 0.25) is 0 Å². The first kappa shape index (κ1) is 13.7. The fourth-order valence-corrected chi connectivity index (χ4v) is 1.29. The highest BCUT2D eigenvalue weighted by molar-refractivity contribution is 5.92. The fourth-order valence-electron chi connectivity index (χ4n) is 1.29. The molecular formula is C11H19N3O3. The van der Waals surface area contributed by atoms with Gasteiger partial charge in [0.1, 0.15) is 6.61 Å². The molecule has 0 spiro atoms. The van der Waals surface area contributed by atoms with Crippen LogP contribution in [0.15, 0.2) is 10.6 Å². The molecule has 0 aliphatic carbocycles. The van der Waals surface area contributed by atoms with Crippen molar-refractivity contribution in [2.75, 3.05) is 20.1 Å². The van der Waals surface area contributed by atoms with Gasteiger partial charge in [-0.3, -0.25) is 4.79 Å². The first-order valence-corrected chi connectivity index (χ1v) is 5.63. The second kappa shape index (κ2) is 6.36. The third kappa shape index (κ3) is 3.83. The molecule has 96 valence electrons. The Kier molecular flexibility index (Phi) is 5.11. The Hall–Kier alpha value is -1.40. The van der Waals surface area contributed by atoms with Gasteiger partial charge < -0.3 is 19.8 Å². The largest absolute Gasteiger partial charge is 0.388 e. The molecule has 1 aromatic heterocycles. The van der Waals surface area contributed by atoms with Crippen LogP contribution in [0, 0.1) is 0 Å². The van der Waals surface area contributed by atoms with Crippen LogP contribution in [0.1, 0.15) is 30.1 Å². The van der Waals surface area contributed by atoms with E-state index < -0.39 is 0 Å². The van der Waals surface area contributed by atoms with Crippen LogP contribution in [0.25, 0.3) is 0 Å². The summed E-state index contributed by atoms with van der Waals surface area (Å²) in [5.41, 5.74) is 0.195. The highest BCUT2D eigenvalue weighted by atomic mass is 16.5. The number of carbonyl (C=O) groups excluding carboxylic acids is 1. The van der Waals surface area contributed by atoms with Gasteiger partial charge in [0.25, 0.3) is 5.91 Å². The summed E-state index contributed by atoms with van der Waals surface area (Å²) >= 11 is 0. The predicted molar refractivity (Wildman–Crippen MR) is 62.5 cm³/mol. The predicted octanol–water partition coefficient (Wildman–Crippen LogP) is 0.237. The van der Waals surface area contributed by atoms with Crippen molar-refractivity contribution in [3.8, 4) is 0 Å². The molecule has 0 bridgehead atoms. The lowest BCUT2D eigenvalue weighted by Crippen LogP contribution is -2.40. The van der Waals surface area contributed by atoms with E-state index in [1.807, 2.05) is 14.0 Å². The molecule has 0 aromatic carbocycles. The van der Waals surface area contributed by atoms with Crippen LogP contribution in [0.4, 0.5) is 0 Å². The summed E-state index contributed by atoms with van der Waals surface area (Å²) in [5.74, 6) is -0.00122. The minimum Gasteiger partial charge on any atom is -0.388 e. The maximum atomic E-state index is 11.7. The molecule has 0 fully saturated rings. The molecular weight excluding hydrogens is 222 g/mol. The lowest BCUT2D eigenvalue weighted by Gasteiger charge is -2.22. The van der Waals surface area contributed by atoms with Crippen LogP contribution in [0.3, 0.4) is 0 Å². The minimum atomic E-state index is -0.287. The number of aliphatic hydroxyl groups is 1. The molecule has 6 heteroatoms. The van der Waals surface area contributed by atoms with Crippen molar-refractivity contribution in [1.29, 1.82) is 0 Å². The van der Waals surface area contributed by atoms with Gasteiger partial charge in [-0.1, -0.05) is 12.1 Å². The highest BCUT2D eigenvalue weighted by Crippen LogP contribution is 2.03. The van der Waals surface area contributed by atoms with E-state index in [2.05, 4.69) is 22.3 Å². The minimum absolute atomic E-state index is 0.195. The van der Waals surface area contributed by atoms with Crippen LogP contribution in [-0.4, -0.2) is 47.2 Å². The van der Waals surface area contributed by atoms with Gasteiger partial charge in [-0.2, -0.15) is 0 Å². The molecule has 6 nitrogen and oxygen atoms in total. The second-order valence-corrected chi connectivity index (χ2v) is 3.97. The first-order chi connectivity index (χ1) is 8.08. The third-order valence-corrected chi connectivity index (χ3v) is 2.76. The monoisotopic (exact) mass is 241 g/mol. The molecule has 1 aromatic rings. The van der Waals surface area contributed by atoms with Crippen LogP contribution in [0.5, 0.6) is 0 Å². The van der Waals surface area contributed by atoms with E-state index in [1.165, 1.54) is 6.07 Å². The van der Waals surface area contributed by atoms with E-state index in [0.717, 1.165) is 6.54 Å². The van der Waals surface area contributed by atoms with Gasteiger partial charge >= 0.3 is 0 Å². The average molecular weight is 241 g/mol. The van der Waals surface area contributed by atoms with Gasteiger partial charge in [0.05, 0.1) is 0 Å². The van der Waals surface area contributed by atoms with Crippen molar-refractivity contribution in [2.24, 2.45) is 0 Å². The average Bonchev–Trinajstić information content (AvgIpc) is 2.83. The van der Waals surface area contributed by atoms with Crippen molar-refractivity contribution < 1.29 is 14.4 Å². The van der Waals surface area contributed by atoms with Gasteiger partial charge in [0.15, 0.2) is 11.5 Å². The number of nitrogens with one attached hydrogen (secondary N) is 1. The number of likely N-dealkylation sites (N-methyl/N-ethyl adjacent to an activating group) is 1. The van der Waals surface area contributed by atoms with E-state index >= 15 is 0 Å². The topological polar surface area (TPSA) is 78.6 Å². The van der Waals surface area contributed by atoms with E-state index in [-0.39, 0.29) is 30.0 Å². The van der Waals surface area contributed by atoms with Gasteiger partial charge in [-0.25, -0.2) is 0 Å². The summed E-state index contributed by atoms with van der Waals surface area (Å²) in [6, 6.07) is 1.69. The summed E-state index contributed by atoms with van der Waals surface area (Å²) < 4.78 is 4.74. The zero-order chi connectivity index (χ0) is 12.8. The standard InChI is InChI=1S/C11H19N3O3/c1-4-14(3)8(2)6-12-11(16)10-5-9(7-15)17-13-10/h5,8,15H,4,6-7H2,1-3H3,(H,12,16). The van der Waals surface area contributed by atoms with Crippen molar-refractivity contribution in [2.45, 2.75) is 26.5 Å². The molecule has 0 radical (unpaired) electrons. The molecule has 0 saturated heterocycles. The van der Waals surface area contributed by atoms with Gasteiger partial charge in [0, 0.05) is 18.7 Å². The third-order valence-electron chi connectivity index (χ3n) is 2.76. The lowest BCUT2D eigenvalue weighted by molar-refractivity contribution is 0.0932. The molecule has 2 N–H and O–H groups in total. The Bertz CT molecular complexity index is 365. The Labute approximate surface area is 101 Å². The summed E-state index contributed by atoms with van der Waals surface area (Å²) in [4.78, 5) is 13.8. The van der Waals surface area contributed by atoms with E-state index in [1.54, 1.807) is 0 Å². The normalized spacial score (nSPS) is 12.8. The summed E-state index contributed by atoms with van der Waals surface area (Å²) in [7, 11) is 2.00. The highest BCUT2D eigenvalue weighted by Gasteiger charge is 2.14. The number of nitrogens with zero attached hydrogens (tertiary/aromatic N) is 2. The van der Waals surface area contributed by atoms with Gasteiger partial charge in [-0.05, 0) is 20.5 Å². The van der Waals surface area contributed by atoms with E-state index in [0.29, 0.717) is 6.54 Å². The number of amides is 1. The van der Waals surface area contributed by atoms with Crippen molar-refractivity contribution >= 4 is 5.91 Å². The van der Waals surface area contributed by atoms with Crippen LogP contribution >= 0.6 is 0 Å². The quantitative estimate of drug-likeness (QED) is 0.745. The smallest absolute Gasteiger partial charge is 0.273 e. The maximum absolute atomic E-state index is 11.7. The first-order valence-electron chi connectivity index (χ1n) is 5.63. The van der Waals surface area contributed by atoms with Crippen molar-refractivity contribution in [1.82, 2.24) is 15.4 Å². The van der Waals surface area contributed by atoms with Gasteiger partial charge in [0.2, 0.25) is 0 Å². The molecule has 1 atom stereocenters. The maximum Gasteiger partial charge on any atom is 0.273 e. The Morgan fingerprint density at radius 1 is 1.71 bits per heavy atom. The van der Waals surface area contributed by atoms with E-state index in [9.17, 15) is 4.79 Å². The Balaban J connectivity index is 2.44. The Morgan fingerprint density at radius 3 is 2.94 bits per heavy atom. The summed E-state index contributed by atoms with van der Waals surface area (Å²) in [6.45, 7) is 5.31. The van der Waals surface area contributed by atoms with Crippen LogP contribution < -0.4 is 5.32 Å². The molecule has 1 heterocycles. The number of aliphatic hydroxyl groups excluding tert-OH is 1. The molecule has 0 aliphatic heterocycles. The number of hydrogen-bond donors (Lipinski definition) is 2. The van der Waals surface area contributed by atoms with Gasteiger partial charge in [-0.15, -0.1) is 0 Å². The lowest BCUT2D eigenvalue weighted by atomic mass is 10.3. The number of rotatable bonds is 6. The molecule has 17 heavy (non-hydrogen) atoms.